The fraction of sp³-hybridized carbons (Fsp3) is 0.250. The first-order valence-electron chi connectivity index (χ1n) is 9.39. The Hall–Kier alpha value is -3.14. The third-order valence-corrected chi connectivity index (χ3v) is 4.69. The van der Waals surface area contributed by atoms with Crippen LogP contribution in [-0.2, 0) is 19.4 Å². The number of aromatic hydroxyl groups is 1. The minimum Gasteiger partial charge on any atom is -0.508 e. The predicted molar refractivity (Wildman–Crippen MR) is 110 cm³/mol. The van der Waals surface area contributed by atoms with Gasteiger partial charge in [-0.15, -0.1) is 0 Å². The van der Waals surface area contributed by atoms with E-state index in [1.54, 1.807) is 20.3 Å². The molecule has 146 valence electrons. The van der Waals surface area contributed by atoms with Crippen LogP contribution in [0, 0.1) is 0 Å². The molecule has 0 atom stereocenters. The zero-order valence-electron chi connectivity index (χ0n) is 16.4. The lowest BCUT2D eigenvalue weighted by molar-refractivity contribution is 0.304. The van der Waals surface area contributed by atoms with Crippen LogP contribution in [-0.4, -0.2) is 19.3 Å². The summed E-state index contributed by atoms with van der Waals surface area (Å²) in [5.41, 5.74) is 3.14. The predicted octanol–water partition coefficient (Wildman–Crippen LogP) is 5.16. The minimum atomic E-state index is 0.271. The van der Waals surface area contributed by atoms with Crippen molar-refractivity contribution in [3.05, 3.63) is 83.4 Å². The Kier molecular flexibility index (Phi) is 6.79. The number of rotatable bonds is 9. The molecule has 1 N–H and O–H groups in total. The zero-order chi connectivity index (χ0) is 19.8. The van der Waals surface area contributed by atoms with Gasteiger partial charge in [-0.05, 0) is 48.1 Å². The number of aryl methyl sites for hydroxylation is 2. The van der Waals surface area contributed by atoms with Crippen molar-refractivity contribution in [2.75, 3.05) is 14.2 Å². The van der Waals surface area contributed by atoms with Crippen LogP contribution in [0.5, 0.6) is 23.0 Å². The summed E-state index contributed by atoms with van der Waals surface area (Å²) >= 11 is 0. The first-order valence-corrected chi connectivity index (χ1v) is 9.39. The highest BCUT2D eigenvalue weighted by Gasteiger charge is 2.08. The summed E-state index contributed by atoms with van der Waals surface area (Å²) in [6.45, 7) is 0.483. The number of phenolic OH excluding ortho intramolecular Hbond substituents is 1. The van der Waals surface area contributed by atoms with Crippen molar-refractivity contribution in [1.82, 2.24) is 0 Å². The van der Waals surface area contributed by atoms with Gasteiger partial charge in [0.1, 0.15) is 29.6 Å². The van der Waals surface area contributed by atoms with Gasteiger partial charge in [-0.2, -0.15) is 0 Å². The second kappa shape index (κ2) is 9.70. The Bertz CT molecular complexity index is 890. The zero-order valence-corrected chi connectivity index (χ0v) is 16.4. The molecular formula is C24H26O4. The number of hydrogen-bond acceptors (Lipinski definition) is 4. The second-order valence-electron chi connectivity index (χ2n) is 6.60. The van der Waals surface area contributed by atoms with E-state index in [0.29, 0.717) is 12.4 Å². The summed E-state index contributed by atoms with van der Waals surface area (Å²) in [7, 11) is 3.31. The molecule has 28 heavy (non-hydrogen) atoms. The summed E-state index contributed by atoms with van der Waals surface area (Å²) in [5.74, 6) is 2.55. The van der Waals surface area contributed by atoms with Crippen LogP contribution < -0.4 is 14.2 Å². The van der Waals surface area contributed by atoms with Crippen LogP contribution in [0.25, 0.3) is 0 Å². The number of hydrogen-bond donors (Lipinski definition) is 1. The average molecular weight is 378 g/mol. The van der Waals surface area contributed by atoms with Gasteiger partial charge in [-0.25, -0.2) is 0 Å². The molecule has 0 spiro atoms. The molecule has 3 aromatic rings. The summed E-state index contributed by atoms with van der Waals surface area (Å²) in [6, 6.07) is 21.4. The monoisotopic (exact) mass is 378 g/mol. The molecule has 0 aromatic heterocycles. The highest BCUT2D eigenvalue weighted by atomic mass is 16.5. The lowest BCUT2D eigenvalue weighted by atomic mass is 10.0. The van der Waals surface area contributed by atoms with E-state index in [4.69, 9.17) is 14.2 Å². The van der Waals surface area contributed by atoms with E-state index in [0.717, 1.165) is 47.5 Å². The maximum absolute atomic E-state index is 10.3. The molecule has 0 aliphatic carbocycles. The van der Waals surface area contributed by atoms with Gasteiger partial charge < -0.3 is 19.3 Å². The maximum Gasteiger partial charge on any atom is 0.125 e. The van der Waals surface area contributed by atoms with Crippen LogP contribution in [0.3, 0.4) is 0 Å². The normalized spacial score (nSPS) is 10.5. The number of phenols is 1. The lowest BCUT2D eigenvalue weighted by Crippen LogP contribution is -1.97. The van der Waals surface area contributed by atoms with Gasteiger partial charge in [0.25, 0.3) is 0 Å². The average Bonchev–Trinajstić information content (AvgIpc) is 2.74. The number of ether oxygens (including phenoxy) is 3. The fourth-order valence-electron chi connectivity index (χ4n) is 3.11. The Morgan fingerprint density at radius 1 is 0.750 bits per heavy atom. The van der Waals surface area contributed by atoms with Crippen LogP contribution in [0.15, 0.2) is 66.7 Å². The lowest BCUT2D eigenvalue weighted by Gasteiger charge is -2.11. The molecule has 0 aliphatic rings. The van der Waals surface area contributed by atoms with Gasteiger partial charge in [0.05, 0.1) is 14.2 Å². The Morgan fingerprint density at radius 3 is 2.18 bits per heavy atom. The molecular weight excluding hydrogens is 352 g/mol. The quantitative estimate of drug-likeness (QED) is 0.558. The molecule has 4 nitrogen and oxygen atoms in total. The SMILES string of the molecule is COc1ccc(CCCc2ccc(OCc3ccccc3)cc2O)c(OC)c1. The van der Waals surface area contributed by atoms with E-state index in [2.05, 4.69) is 0 Å². The molecule has 0 fully saturated rings. The Balaban J connectivity index is 1.55. The molecule has 0 radical (unpaired) electrons. The van der Waals surface area contributed by atoms with Gasteiger partial charge in [0.15, 0.2) is 0 Å². The molecule has 0 unspecified atom stereocenters. The molecule has 3 aromatic carbocycles. The summed E-state index contributed by atoms with van der Waals surface area (Å²) in [5, 5.41) is 10.3. The second-order valence-corrected chi connectivity index (χ2v) is 6.60. The summed E-state index contributed by atoms with van der Waals surface area (Å²) in [4.78, 5) is 0. The van der Waals surface area contributed by atoms with Crippen molar-refractivity contribution < 1.29 is 19.3 Å². The highest BCUT2D eigenvalue weighted by Crippen LogP contribution is 2.28. The molecule has 0 saturated heterocycles. The number of methoxy groups -OCH3 is 2. The van der Waals surface area contributed by atoms with E-state index < -0.39 is 0 Å². The fourth-order valence-corrected chi connectivity index (χ4v) is 3.11. The van der Waals surface area contributed by atoms with E-state index in [9.17, 15) is 5.11 Å². The van der Waals surface area contributed by atoms with Gasteiger partial charge in [0.2, 0.25) is 0 Å². The largest absolute Gasteiger partial charge is 0.508 e. The molecule has 4 heteroatoms. The van der Waals surface area contributed by atoms with Crippen LogP contribution in [0.1, 0.15) is 23.1 Å². The topological polar surface area (TPSA) is 47.9 Å². The summed E-state index contributed by atoms with van der Waals surface area (Å²) in [6.07, 6.45) is 2.54. The van der Waals surface area contributed by atoms with Gasteiger partial charge >= 0.3 is 0 Å². The number of benzene rings is 3. The molecule has 3 rings (SSSR count). The van der Waals surface area contributed by atoms with Gasteiger partial charge in [-0.1, -0.05) is 42.5 Å². The molecule has 0 bridgehead atoms. The van der Waals surface area contributed by atoms with Gasteiger partial charge in [-0.3, -0.25) is 0 Å². The molecule has 0 saturated carbocycles. The van der Waals surface area contributed by atoms with Crippen molar-refractivity contribution in [2.24, 2.45) is 0 Å². The van der Waals surface area contributed by atoms with Crippen LogP contribution >= 0.6 is 0 Å². The third-order valence-electron chi connectivity index (χ3n) is 4.69. The Morgan fingerprint density at radius 2 is 1.46 bits per heavy atom. The standard InChI is InChI=1S/C24H26O4/c1-26-21-13-12-20(24(16-21)27-2)10-6-9-19-11-14-22(15-23(19)25)28-17-18-7-4-3-5-8-18/h3-5,7-8,11-16,25H,6,9-10,17H2,1-2H3. The van der Waals surface area contributed by atoms with E-state index in [1.165, 1.54) is 0 Å². The highest BCUT2D eigenvalue weighted by molar-refractivity contribution is 5.42. The molecule has 0 heterocycles. The van der Waals surface area contributed by atoms with Crippen LogP contribution in [0.2, 0.25) is 0 Å². The first kappa shape index (κ1) is 19.6. The smallest absolute Gasteiger partial charge is 0.125 e. The molecule has 0 aliphatic heterocycles. The van der Waals surface area contributed by atoms with Crippen molar-refractivity contribution in [3.63, 3.8) is 0 Å². The van der Waals surface area contributed by atoms with Crippen molar-refractivity contribution in [1.29, 1.82) is 0 Å². The van der Waals surface area contributed by atoms with Crippen molar-refractivity contribution in [3.8, 4) is 23.0 Å². The first-order chi connectivity index (χ1) is 13.7. The van der Waals surface area contributed by atoms with Crippen LogP contribution in [0.4, 0.5) is 0 Å². The van der Waals surface area contributed by atoms with E-state index in [-0.39, 0.29) is 5.75 Å². The molecule has 0 amide bonds. The Labute approximate surface area is 166 Å². The third kappa shape index (κ3) is 5.19. The van der Waals surface area contributed by atoms with E-state index >= 15 is 0 Å². The minimum absolute atomic E-state index is 0.271. The summed E-state index contributed by atoms with van der Waals surface area (Å²) < 4.78 is 16.4. The van der Waals surface area contributed by atoms with Crippen molar-refractivity contribution in [2.45, 2.75) is 25.9 Å². The van der Waals surface area contributed by atoms with Crippen molar-refractivity contribution >= 4 is 0 Å². The van der Waals surface area contributed by atoms with E-state index in [1.807, 2.05) is 60.7 Å². The maximum atomic E-state index is 10.3. The van der Waals surface area contributed by atoms with Gasteiger partial charge in [0, 0.05) is 12.1 Å².